The molecule has 30 N–H and O–H groups in total. The van der Waals surface area contributed by atoms with Crippen LogP contribution in [-0.4, -0.2) is 24.6 Å². The van der Waals surface area contributed by atoms with Crippen molar-refractivity contribution < 1.29 is 126 Å². The Kier molecular flexibility index (Phi) is 28.9. The maximum atomic E-state index is 12.6. The van der Waals surface area contributed by atoms with Crippen molar-refractivity contribution in [3.05, 3.63) is 0 Å². The van der Waals surface area contributed by atoms with E-state index in [-0.39, 0.29) is 51.1 Å². The maximum absolute atomic E-state index is 12.6. The van der Waals surface area contributed by atoms with Gasteiger partial charge in [-0.2, -0.15) is 14.8 Å². The van der Waals surface area contributed by atoms with Crippen LogP contribution < -0.4 is 76.8 Å². The lowest BCUT2D eigenvalue weighted by atomic mass is 11.8. The zero-order valence-corrected chi connectivity index (χ0v) is 30.2. The zero-order chi connectivity index (χ0) is 29.8. The molecule has 0 aromatic rings. The van der Waals surface area contributed by atoms with Crippen LogP contribution in [0.2, 0.25) is 0 Å². The highest BCUT2D eigenvalue weighted by molar-refractivity contribution is 7.76. The minimum Gasteiger partial charge on any atom is -0.756 e. The summed E-state index contributed by atoms with van der Waals surface area (Å²) in [6.07, 6.45) is 0. The van der Waals surface area contributed by atoms with Gasteiger partial charge >= 0.3 is 31.1 Å². The van der Waals surface area contributed by atoms with Crippen molar-refractivity contribution in [1.82, 2.24) is 36.9 Å². The second-order valence-electron chi connectivity index (χ2n) is 4.93. The first-order valence-electron chi connectivity index (χ1n) is 7.33. The molecule has 0 amide bonds. The molecule has 0 aromatic heterocycles. The van der Waals surface area contributed by atoms with Crippen molar-refractivity contribution in [3.8, 4) is 0 Å². The third-order valence-electron chi connectivity index (χ3n) is 2.16. The molecule has 0 saturated heterocycles. The van der Waals surface area contributed by atoms with E-state index in [0.29, 0.717) is 0 Å². The number of hydrogen-bond acceptors (Lipinski definition) is 25. The molecule has 41 heteroatoms. The molecule has 33 nitrogen and oxygen atoms in total. The monoisotopic (exact) mass is 820 g/mol. The normalized spacial score (nSPS) is 22.0. The molecule has 0 rings (SSSR count). The summed E-state index contributed by atoms with van der Waals surface area (Å²) in [5.41, 5.74) is 0. The number of rotatable bonds is 18. The largest absolute Gasteiger partial charge is 0.756 e. The molecule has 0 heterocycles. The van der Waals surface area contributed by atoms with Crippen molar-refractivity contribution in [2.75, 3.05) is 14.2 Å². The Morgan fingerprint density at radius 2 is 0.628 bits per heavy atom. The zero-order valence-electron chi connectivity index (χ0n) is 23.0. The second kappa shape index (κ2) is 20.9. The number of nitrogens with two attached hydrogens (primary N) is 2. The topological polar surface area (TPSA) is 651 Å². The summed E-state index contributed by atoms with van der Waals surface area (Å²) in [6.45, 7) is 0. The number of phosphoric acid groups is 6. The first kappa shape index (κ1) is 59.3. The predicted molar refractivity (Wildman–Crippen MR) is 126 cm³/mol. The lowest BCUT2D eigenvalue weighted by Gasteiger charge is -2.34. The van der Waals surface area contributed by atoms with Crippen LogP contribution in [0.5, 0.6) is 0 Å². The SMILES string of the molecule is COP(=O)([O-])OP(=O)(OP(=O)([O-])OP(=O)([O-])[NH2+]O)OP(=O)(OP(=O)([O-])OC)OP(=O)([O-])OP(=O)([O-])[NH2+]O.[NH4+].[NH4+].[NH4+].[NH4+].[NH4+].[NH4+]. The molecular weight excluding hydrogens is 784 g/mol. The summed E-state index contributed by atoms with van der Waals surface area (Å²) in [6, 6.07) is 0. The van der Waals surface area contributed by atoms with E-state index in [1.54, 1.807) is 0 Å². The molecule has 0 aliphatic rings. The summed E-state index contributed by atoms with van der Waals surface area (Å²) in [7, 11) is -51.7. The van der Waals surface area contributed by atoms with E-state index in [4.69, 9.17) is 10.4 Å². The number of quaternary nitrogens is 8. The van der Waals surface area contributed by atoms with Crippen molar-refractivity contribution >= 4 is 62.4 Å². The van der Waals surface area contributed by atoms with Gasteiger partial charge in [-0.1, -0.05) is 0 Å². The van der Waals surface area contributed by atoms with Gasteiger partial charge in [0.05, 0.1) is 0 Å². The lowest BCUT2D eigenvalue weighted by Crippen LogP contribution is -2.77. The van der Waals surface area contributed by atoms with Gasteiger partial charge in [0, 0.05) is 14.2 Å². The fraction of sp³-hybridized carbons (Fsp3) is 1.00. The standard InChI is InChI=1S/C2H16N2O25P8.6H3N/c1-21-32(11,12)25-36(19,27-34(15,16)23-30(7,8)3-5)29-37(20,26-33(13,14)22-2)28-35(17,18)24-31(9,10)4-6;;;;;;/h5-6H,1-2H3,(H,11,12)(H,13,14)(H,15,16)(H,17,18)(H2,3,7,8)(H2,4,9,10);6*1H3/p+2. The van der Waals surface area contributed by atoms with Gasteiger partial charge in [-0.3, -0.25) is 18.3 Å². The second-order valence-corrected chi connectivity index (χ2v) is 18.2. The van der Waals surface area contributed by atoms with Crippen LogP contribution >= 0.6 is 62.4 Å². The van der Waals surface area contributed by atoms with Gasteiger partial charge in [0.25, 0.3) is 31.3 Å². The van der Waals surface area contributed by atoms with Crippen LogP contribution in [0.25, 0.3) is 0 Å². The van der Waals surface area contributed by atoms with Crippen LogP contribution in [0.4, 0.5) is 0 Å². The highest BCUT2D eigenvalue weighted by atomic mass is 31.3. The average Bonchev–Trinajstić information content (AvgIpc) is 2.63. The molecular formula is C2H36N8O25P8+2. The fourth-order valence-corrected chi connectivity index (χ4v) is 12.2. The number of hydrogen-bond donors (Lipinski definition) is 10. The minimum absolute atomic E-state index is 0. The summed E-state index contributed by atoms with van der Waals surface area (Å²) in [5.74, 6) is 0. The van der Waals surface area contributed by atoms with E-state index < -0.39 is 72.9 Å². The third kappa shape index (κ3) is 23.8. The molecule has 0 fully saturated rings. The van der Waals surface area contributed by atoms with Gasteiger partial charge in [0.1, 0.15) is 0 Å². The van der Waals surface area contributed by atoms with Crippen LogP contribution in [0.1, 0.15) is 0 Å². The van der Waals surface area contributed by atoms with E-state index in [0.717, 1.165) is 0 Å². The Bertz CT molecular complexity index is 1110. The average molecular weight is 820 g/mol. The van der Waals surface area contributed by atoms with Crippen LogP contribution in [0, 0.1) is 0 Å². The van der Waals surface area contributed by atoms with Crippen molar-refractivity contribution in [2.45, 2.75) is 0 Å². The summed E-state index contributed by atoms with van der Waals surface area (Å²) < 4.78 is 124. The van der Waals surface area contributed by atoms with Gasteiger partial charge in [-0.05, 0) is 0 Å². The maximum Gasteiger partial charge on any atom is 0.496 e. The Morgan fingerprint density at radius 1 is 0.419 bits per heavy atom. The van der Waals surface area contributed by atoms with Crippen LogP contribution in [0.15, 0.2) is 0 Å². The Balaban J connectivity index is -0.000000432. The molecule has 8 atom stereocenters. The summed E-state index contributed by atoms with van der Waals surface area (Å²) in [5, 5.41) is 14.9. The van der Waals surface area contributed by atoms with Gasteiger partial charge in [-0.25, -0.2) is 54.5 Å². The van der Waals surface area contributed by atoms with Crippen molar-refractivity contribution in [1.29, 1.82) is 0 Å². The molecule has 0 aromatic carbocycles. The van der Waals surface area contributed by atoms with Crippen molar-refractivity contribution in [3.63, 3.8) is 0 Å². The number of phosphoric ester groups is 2. The lowest BCUT2D eigenvalue weighted by molar-refractivity contribution is -0.797. The van der Waals surface area contributed by atoms with Gasteiger partial charge < -0.3 is 75.3 Å². The molecule has 43 heavy (non-hydrogen) atoms. The Morgan fingerprint density at radius 3 is 0.814 bits per heavy atom. The Labute approximate surface area is 240 Å². The molecule has 0 saturated carbocycles. The molecule has 272 valence electrons. The first-order chi connectivity index (χ1) is 16.2. The fourth-order valence-electron chi connectivity index (χ4n) is 1.12. The smallest absolute Gasteiger partial charge is 0.496 e. The van der Waals surface area contributed by atoms with Gasteiger partial charge in [0.15, 0.2) is 0 Å². The van der Waals surface area contributed by atoms with Crippen LogP contribution in [-0.2, 0) is 75.7 Å². The molecule has 0 radical (unpaired) electrons. The molecule has 0 spiro atoms. The van der Waals surface area contributed by atoms with Gasteiger partial charge in [0.2, 0.25) is 0 Å². The molecule has 8 unspecified atom stereocenters. The van der Waals surface area contributed by atoms with Gasteiger partial charge in [-0.15, -0.1) is 0 Å². The highest BCUT2D eigenvalue weighted by Crippen LogP contribution is 2.80. The van der Waals surface area contributed by atoms with E-state index in [2.05, 4.69) is 39.2 Å². The minimum atomic E-state index is -7.04. The molecule has 0 aliphatic carbocycles. The van der Waals surface area contributed by atoms with E-state index in [9.17, 15) is 65.9 Å². The van der Waals surface area contributed by atoms with E-state index >= 15 is 0 Å². The van der Waals surface area contributed by atoms with Crippen molar-refractivity contribution in [2.24, 2.45) is 0 Å². The first-order valence-corrected chi connectivity index (χ1v) is 19.3. The van der Waals surface area contributed by atoms with E-state index in [1.807, 2.05) is 0 Å². The predicted octanol–water partition coefficient (Wildman–Crippen LogP) is -2.42. The quantitative estimate of drug-likeness (QED) is 0.0508. The molecule has 0 bridgehead atoms. The summed E-state index contributed by atoms with van der Waals surface area (Å²) >= 11 is 0. The van der Waals surface area contributed by atoms with Crippen LogP contribution in [0.3, 0.4) is 0 Å². The molecule has 0 aliphatic heterocycles. The highest BCUT2D eigenvalue weighted by Gasteiger charge is 2.50. The Hall–Kier alpha value is 0.840. The third-order valence-corrected chi connectivity index (χ3v) is 15.0. The summed E-state index contributed by atoms with van der Waals surface area (Å²) in [4.78, 5) is 68.4. The van der Waals surface area contributed by atoms with E-state index in [1.165, 1.54) is 0 Å².